The van der Waals surface area contributed by atoms with Gasteiger partial charge in [0.2, 0.25) is 0 Å². The van der Waals surface area contributed by atoms with Gasteiger partial charge in [-0.15, -0.1) is 0 Å². The number of imidazole rings is 1. The van der Waals surface area contributed by atoms with Crippen LogP contribution < -0.4 is 5.32 Å². The average Bonchev–Trinajstić information content (AvgIpc) is 3.45. The van der Waals surface area contributed by atoms with Crippen molar-refractivity contribution in [2.24, 2.45) is 0 Å². The van der Waals surface area contributed by atoms with Gasteiger partial charge in [-0.05, 0) is 12.5 Å². The highest BCUT2D eigenvalue weighted by atomic mass is 16.5. The van der Waals surface area contributed by atoms with Gasteiger partial charge >= 0.3 is 0 Å². The predicted molar refractivity (Wildman–Crippen MR) is 98.3 cm³/mol. The summed E-state index contributed by atoms with van der Waals surface area (Å²) in [6, 6.07) is 1.97. The van der Waals surface area contributed by atoms with E-state index in [4.69, 9.17) is 4.74 Å². The number of fused-ring (bicyclic) bond motifs is 2. The molecule has 10 heteroatoms. The van der Waals surface area contributed by atoms with E-state index in [-0.39, 0.29) is 19.3 Å². The summed E-state index contributed by atoms with van der Waals surface area (Å²) in [4.78, 5) is 13.2. The lowest BCUT2D eigenvalue weighted by Crippen LogP contribution is -2.24. The molecule has 2 aliphatic heterocycles. The zero-order valence-corrected chi connectivity index (χ0v) is 15.1. The Hall–Kier alpha value is -2.53. The van der Waals surface area contributed by atoms with Crippen LogP contribution >= 0.6 is 0 Å². The summed E-state index contributed by atoms with van der Waals surface area (Å²) in [5.41, 5.74) is 3.20. The number of nitrogens with one attached hydrogen (secondary N) is 1. The Bertz CT molecular complexity index is 1000. The van der Waals surface area contributed by atoms with Gasteiger partial charge in [0.25, 0.3) is 0 Å². The predicted octanol–water partition coefficient (Wildman–Crippen LogP) is 0.318. The molecule has 5 rings (SSSR count). The van der Waals surface area contributed by atoms with E-state index in [1.807, 2.05) is 12.3 Å². The van der Waals surface area contributed by atoms with Gasteiger partial charge in [0.1, 0.15) is 18.7 Å². The first-order valence-corrected chi connectivity index (χ1v) is 9.36. The van der Waals surface area contributed by atoms with Gasteiger partial charge in [-0.2, -0.15) is 0 Å². The summed E-state index contributed by atoms with van der Waals surface area (Å²) in [6.45, 7) is 0.647. The third-order valence-corrected chi connectivity index (χ3v) is 5.62. The second-order valence-corrected chi connectivity index (χ2v) is 7.22. The van der Waals surface area contributed by atoms with Crippen LogP contribution in [0.4, 0.5) is 5.82 Å². The second kappa shape index (κ2) is 6.82. The fourth-order valence-electron chi connectivity index (χ4n) is 4.21. The minimum atomic E-state index is -0.727. The Morgan fingerprint density at radius 1 is 1.25 bits per heavy atom. The molecule has 1 saturated heterocycles. The quantitative estimate of drug-likeness (QED) is 0.493. The Morgan fingerprint density at radius 2 is 2.14 bits per heavy atom. The van der Waals surface area contributed by atoms with E-state index in [1.54, 1.807) is 10.9 Å². The summed E-state index contributed by atoms with van der Waals surface area (Å²) in [6.07, 6.45) is 4.57. The molecule has 0 amide bonds. The number of hydrogen-bond acceptors (Lipinski definition) is 8. The van der Waals surface area contributed by atoms with Gasteiger partial charge in [-0.25, -0.2) is 15.0 Å². The fourth-order valence-corrected chi connectivity index (χ4v) is 4.21. The zero-order chi connectivity index (χ0) is 19.3. The Balaban J connectivity index is 1.45. The highest BCUT2D eigenvalue weighted by molar-refractivity contribution is 5.83. The van der Waals surface area contributed by atoms with Gasteiger partial charge in [-0.1, -0.05) is 0 Å². The van der Waals surface area contributed by atoms with E-state index in [0.717, 1.165) is 24.2 Å². The normalized spacial score (nSPS) is 26.8. The zero-order valence-electron chi connectivity index (χ0n) is 15.1. The van der Waals surface area contributed by atoms with Crippen molar-refractivity contribution < 1.29 is 20.1 Å². The molecule has 0 spiro atoms. The first-order chi connectivity index (χ1) is 13.7. The van der Waals surface area contributed by atoms with Crippen molar-refractivity contribution in [2.75, 3.05) is 11.9 Å². The SMILES string of the molecule is OCc1ccn2c1[C@H](Nc1ncnc3c1ncn3[C@H]1C[C@H](O)[C@@H](CO)O1)CC2. The van der Waals surface area contributed by atoms with Crippen molar-refractivity contribution in [3.63, 3.8) is 0 Å². The maximum absolute atomic E-state index is 10.0. The smallest absolute Gasteiger partial charge is 0.167 e. The van der Waals surface area contributed by atoms with Gasteiger partial charge in [0.05, 0.1) is 31.7 Å². The number of hydrogen-bond donors (Lipinski definition) is 4. The van der Waals surface area contributed by atoms with Gasteiger partial charge in [0.15, 0.2) is 17.0 Å². The Kier molecular flexibility index (Phi) is 4.27. The number of aliphatic hydroxyl groups is 3. The molecule has 148 valence electrons. The maximum atomic E-state index is 10.0. The second-order valence-electron chi connectivity index (χ2n) is 7.22. The van der Waals surface area contributed by atoms with Crippen LogP contribution in [-0.2, 0) is 17.9 Å². The number of aliphatic hydroxyl groups excluding tert-OH is 3. The van der Waals surface area contributed by atoms with Crippen molar-refractivity contribution in [3.8, 4) is 0 Å². The van der Waals surface area contributed by atoms with E-state index < -0.39 is 18.4 Å². The molecule has 2 aliphatic rings. The molecule has 3 aromatic heterocycles. The molecule has 0 saturated carbocycles. The molecular weight excluding hydrogens is 364 g/mol. The number of nitrogens with zero attached hydrogens (tertiary/aromatic N) is 5. The fraction of sp³-hybridized carbons (Fsp3) is 0.500. The minimum Gasteiger partial charge on any atom is -0.394 e. The summed E-state index contributed by atoms with van der Waals surface area (Å²) < 4.78 is 9.63. The van der Waals surface area contributed by atoms with Crippen molar-refractivity contribution in [2.45, 2.75) is 50.5 Å². The van der Waals surface area contributed by atoms with Crippen molar-refractivity contribution in [1.82, 2.24) is 24.1 Å². The summed E-state index contributed by atoms with van der Waals surface area (Å²) in [7, 11) is 0. The number of rotatable bonds is 5. The van der Waals surface area contributed by atoms with E-state index in [1.165, 1.54) is 6.33 Å². The summed E-state index contributed by atoms with van der Waals surface area (Å²) in [5.74, 6) is 0.615. The van der Waals surface area contributed by atoms with Gasteiger partial charge < -0.3 is 29.9 Å². The van der Waals surface area contributed by atoms with E-state index in [0.29, 0.717) is 23.4 Å². The van der Waals surface area contributed by atoms with E-state index >= 15 is 0 Å². The molecule has 4 N–H and O–H groups in total. The lowest BCUT2D eigenvalue weighted by Gasteiger charge is -2.16. The molecule has 0 unspecified atom stereocenters. The first kappa shape index (κ1) is 17.6. The monoisotopic (exact) mass is 386 g/mol. The molecule has 0 aromatic carbocycles. The highest BCUT2D eigenvalue weighted by Crippen LogP contribution is 2.35. The Morgan fingerprint density at radius 3 is 2.93 bits per heavy atom. The molecule has 0 aliphatic carbocycles. The molecule has 0 bridgehead atoms. The number of aromatic nitrogens is 5. The molecule has 28 heavy (non-hydrogen) atoms. The van der Waals surface area contributed by atoms with Crippen LogP contribution in [0.2, 0.25) is 0 Å². The number of anilines is 1. The third kappa shape index (κ3) is 2.68. The molecular formula is C18H22N6O4. The standard InChI is InChI=1S/C18H22N6O4/c25-6-10-1-3-23-4-2-11(16(10)23)22-17-15-18(20-8-19-17)24(9-21-15)14-5-12(27)13(7-26)28-14/h1,3,8-9,11-14,25-27H,2,4-7H2,(H,19,20,22)/t11-,12+,13-,14-/m1/s1. The van der Waals surface area contributed by atoms with Crippen LogP contribution in [0, 0.1) is 0 Å². The van der Waals surface area contributed by atoms with Gasteiger partial charge in [0, 0.05) is 30.4 Å². The van der Waals surface area contributed by atoms with Crippen LogP contribution in [0.3, 0.4) is 0 Å². The lowest BCUT2D eigenvalue weighted by atomic mass is 10.1. The molecule has 4 atom stereocenters. The van der Waals surface area contributed by atoms with E-state index in [2.05, 4.69) is 24.8 Å². The molecule has 10 nitrogen and oxygen atoms in total. The lowest BCUT2D eigenvalue weighted by molar-refractivity contribution is -0.0432. The Labute approximate surface area is 160 Å². The van der Waals surface area contributed by atoms with Crippen LogP contribution in [-0.4, -0.2) is 58.2 Å². The topological polar surface area (TPSA) is 130 Å². The third-order valence-electron chi connectivity index (χ3n) is 5.62. The molecule has 3 aromatic rings. The van der Waals surface area contributed by atoms with E-state index in [9.17, 15) is 15.3 Å². The summed E-state index contributed by atoms with van der Waals surface area (Å²) in [5, 5.41) is 32.4. The molecule has 5 heterocycles. The molecule has 1 fully saturated rings. The van der Waals surface area contributed by atoms with Crippen molar-refractivity contribution in [1.29, 1.82) is 0 Å². The highest BCUT2D eigenvalue weighted by Gasteiger charge is 2.35. The largest absolute Gasteiger partial charge is 0.394 e. The summed E-state index contributed by atoms with van der Waals surface area (Å²) >= 11 is 0. The van der Waals surface area contributed by atoms with Crippen LogP contribution in [0.25, 0.3) is 11.2 Å². The number of ether oxygens (including phenoxy) is 1. The number of aryl methyl sites for hydroxylation is 1. The van der Waals surface area contributed by atoms with Gasteiger partial charge in [-0.3, -0.25) is 4.57 Å². The maximum Gasteiger partial charge on any atom is 0.167 e. The van der Waals surface area contributed by atoms with Crippen LogP contribution in [0.15, 0.2) is 24.9 Å². The first-order valence-electron chi connectivity index (χ1n) is 9.36. The minimum absolute atomic E-state index is 0.00168. The molecule has 0 radical (unpaired) electrons. The average molecular weight is 386 g/mol. The van der Waals surface area contributed by atoms with Crippen molar-refractivity contribution >= 4 is 17.0 Å². The van der Waals surface area contributed by atoms with Crippen LogP contribution in [0.1, 0.15) is 36.4 Å². The van der Waals surface area contributed by atoms with Crippen LogP contribution in [0.5, 0.6) is 0 Å². The van der Waals surface area contributed by atoms with Crippen molar-refractivity contribution in [3.05, 3.63) is 36.2 Å².